The molecule has 0 saturated heterocycles. The lowest BCUT2D eigenvalue weighted by Crippen LogP contribution is -2.52. The van der Waals surface area contributed by atoms with E-state index < -0.39 is 28.5 Å². The number of hydrogen-bond donors (Lipinski definition) is 1. The highest BCUT2D eigenvalue weighted by Gasteiger charge is 2.30. The molecule has 0 aromatic heterocycles. The highest BCUT2D eigenvalue weighted by molar-refractivity contribution is 7.92. The molecule has 0 aliphatic carbocycles. The summed E-state index contributed by atoms with van der Waals surface area (Å²) < 4.78 is 26.3. The monoisotopic (exact) mass is 493 g/mol. The van der Waals surface area contributed by atoms with Gasteiger partial charge < -0.3 is 10.2 Å². The Morgan fingerprint density at radius 1 is 1.03 bits per heavy atom. The van der Waals surface area contributed by atoms with Gasteiger partial charge in [0.1, 0.15) is 12.6 Å². The molecule has 2 aromatic carbocycles. The van der Waals surface area contributed by atoms with Gasteiger partial charge in [0.15, 0.2) is 0 Å². The van der Waals surface area contributed by atoms with Crippen LogP contribution in [-0.4, -0.2) is 50.0 Å². The average molecular weight is 494 g/mol. The van der Waals surface area contributed by atoms with Crippen LogP contribution in [-0.2, 0) is 26.2 Å². The van der Waals surface area contributed by atoms with Crippen LogP contribution in [0.3, 0.4) is 0 Å². The molecular formula is C24H32ClN3O4S. The van der Waals surface area contributed by atoms with E-state index in [0.29, 0.717) is 16.3 Å². The number of halogens is 1. The number of nitrogens with one attached hydrogen (secondary N) is 1. The van der Waals surface area contributed by atoms with Gasteiger partial charge in [-0.3, -0.25) is 13.9 Å². The zero-order chi connectivity index (χ0) is 24.9. The highest BCUT2D eigenvalue weighted by atomic mass is 35.5. The quantitative estimate of drug-likeness (QED) is 0.577. The van der Waals surface area contributed by atoms with Gasteiger partial charge in [0, 0.05) is 17.6 Å². The van der Waals surface area contributed by atoms with Crippen molar-refractivity contribution in [3.05, 3.63) is 64.2 Å². The standard InChI is InChI=1S/C24H32ClN3O4S/c1-16(2)26-24(30)19(5)27(14-20-10-7-17(3)8-11-20)23(29)15-28(33(6,31)32)22-13-21(25)12-9-18(22)4/h7-13,16,19H,14-15H2,1-6H3,(H,26,30). The molecule has 0 radical (unpaired) electrons. The first kappa shape index (κ1) is 26.7. The van der Waals surface area contributed by atoms with Crippen LogP contribution in [0.5, 0.6) is 0 Å². The Balaban J connectivity index is 2.42. The molecule has 2 aromatic rings. The lowest BCUT2D eigenvalue weighted by Gasteiger charge is -2.32. The van der Waals surface area contributed by atoms with Crippen LogP contribution in [0.2, 0.25) is 5.02 Å². The van der Waals surface area contributed by atoms with Crippen LogP contribution < -0.4 is 9.62 Å². The van der Waals surface area contributed by atoms with Crippen molar-refractivity contribution in [2.45, 2.75) is 53.2 Å². The first-order valence-corrected chi connectivity index (χ1v) is 12.9. The fourth-order valence-corrected chi connectivity index (χ4v) is 4.39. The summed E-state index contributed by atoms with van der Waals surface area (Å²) in [6.45, 7) is 8.73. The second-order valence-corrected chi connectivity index (χ2v) is 10.9. The number of carbonyl (C=O) groups is 2. The zero-order valence-corrected chi connectivity index (χ0v) is 21.5. The Morgan fingerprint density at radius 3 is 2.18 bits per heavy atom. The van der Waals surface area contributed by atoms with Gasteiger partial charge in [-0.15, -0.1) is 0 Å². The van der Waals surface area contributed by atoms with Crippen molar-refractivity contribution in [3.8, 4) is 0 Å². The molecule has 0 fully saturated rings. The third kappa shape index (κ3) is 7.47. The van der Waals surface area contributed by atoms with E-state index in [0.717, 1.165) is 21.7 Å². The van der Waals surface area contributed by atoms with Gasteiger partial charge in [0.2, 0.25) is 21.8 Å². The molecule has 0 saturated carbocycles. The van der Waals surface area contributed by atoms with E-state index in [1.165, 1.54) is 11.0 Å². The van der Waals surface area contributed by atoms with Crippen molar-refractivity contribution in [1.82, 2.24) is 10.2 Å². The topological polar surface area (TPSA) is 86.8 Å². The molecule has 1 atom stereocenters. The minimum Gasteiger partial charge on any atom is -0.352 e. The number of nitrogens with zero attached hydrogens (tertiary/aromatic N) is 2. The van der Waals surface area contributed by atoms with E-state index in [9.17, 15) is 18.0 Å². The summed E-state index contributed by atoms with van der Waals surface area (Å²) in [5, 5.41) is 3.18. The molecule has 33 heavy (non-hydrogen) atoms. The van der Waals surface area contributed by atoms with Gasteiger partial charge in [-0.05, 0) is 57.9 Å². The first-order chi connectivity index (χ1) is 15.3. The van der Waals surface area contributed by atoms with Gasteiger partial charge in [-0.1, -0.05) is 47.5 Å². The van der Waals surface area contributed by atoms with Crippen molar-refractivity contribution in [1.29, 1.82) is 0 Å². The summed E-state index contributed by atoms with van der Waals surface area (Å²) in [5.74, 6) is -0.804. The van der Waals surface area contributed by atoms with Gasteiger partial charge >= 0.3 is 0 Å². The van der Waals surface area contributed by atoms with Gasteiger partial charge in [-0.2, -0.15) is 0 Å². The highest BCUT2D eigenvalue weighted by Crippen LogP contribution is 2.26. The lowest BCUT2D eigenvalue weighted by atomic mass is 10.1. The number of carbonyl (C=O) groups excluding carboxylic acids is 2. The van der Waals surface area contributed by atoms with Crippen molar-refractivity contribution >= 4 is 39.1 Å². The van der Waals surface area contributed by atoms with E-state index in [2.05, 4.69) is 5.32 Å². The third-order valence-corrected chi connectivity index (χ3v) is 6.55. The molecule has 1 N–H and O–H groups in total. The molecule has 0 bridgehead atoms. The second kappa shape index (κ2) is 11.0. The maximum absolute atomic E-state index is 13.5. The van der Waals surface area contributed by atoms with Crippen LogP contribution in [0.1, 0.15) is 37.5 Å². The maximum Gasteiger partial charge on any atom is 0.244 e. The van der Waals surface area contributed by atoms with E-state index in [1.54, 1.807) is 26.0 Å². The minimum atomic E-state index is -3.80. The Kier molecular flexibility index (Phi) is 8.91. The summed E-state index contributed by atoms with van der Waals surface area (Å²) in [5.41, 5.74) is 2.89. The fraction of sp³-hybridized carbons (Fsp3) is 0.417. The van der Waals surface area contributed by atoms with Crippen molar-refractivity contribution in [3.63, 3.8) is 0 Å². The fourth-order valence-electron chi connectivity index (χ4n) is 3.32. The molecule has 2 rings (SSSR count). The molecular weight excluding hydrogens is 462 g/mol. The Morgan fingerprint density at radius 2 is 1.64 bits per heavy atom. The molecule has 0 heterocycles. The molecule has 0 aliphatic heterocycles. The number of amides is 2. The van der Waals surface area contributed by atoms with E-state index >= 15 is 0 Å². The van der Waals surface area contributed by atoms with Gasteiger partial charge in [0.25, 0.3) is 0 Å². The summed E-state index contributed by atoms with van der Waals surface area (Å²) in [6.07, 6.45) is 1.04. The molecule has 7 nitrogen and oxygen atoms in total. The molecule has 0 aliphatic rings. The minimum absolute atomic E-state index is 0.0992. The maximum atomic E-state index is 13.5. The smallest absolute Gasteiger partial charge is 0.244 e. The van der Waals surface area contributed by atoms with E-state index in [4.69, 9.17) is 11.6 Å². The summed E-state index contributed by atoms with van der Waals surface area (Å²) >= 11 is 6.10. The number of sulfonamides is 1. The molecule has 180 valence electrons. The van der Waals surface area contributed by atoms with Crippen molar-refractivity contribution in [2.75, 3.05) is 17.1 Å². The Bertz CT molecular complexity index is 1100. The third-order valence-electron chi connectivity index (χ3n) is 5.19. The number of anilines is 1. The van der Waals surface area contributed by atoms with Crippen LogP contribution in [0.15, 0.2) is 42.5 Å². The predicted octanol–water partition coefficient (Wildman–Crippen LogP) is 3.66. The van der Waals surface area contributed by atoms with E-state index in [-0.39, 0.29) is 18.5 Å². The number of aryl methyl sites for hydroxylation is 2. The first-order valence-electron chi connectivity index (χ1n) is 10.7. The number of rotatable bonds is 9. The predicted molar refractivity (Wildman–Crippen MR) is 133 cm³/mol. The number of benzene rings is 2. The number of hydrogen-bond acceptors (Lipinski definition) is 4. The second-order valence-electron chi connectivity index (χ2n) is 8.55. The zero-order valence-electron chi connectivity index (χ0n) is 19.9. The van der Waals surface area contributed by atoms with Crippen molar-refractivity contribution in [2.24, 2.45) is 0 Å². The molecule has 1 unspecified atom stereocenters. The largest absolute Gasteiger partial charge is 0.352 e. The van der Waals surface area contributed by atoms with Crippen molar-refractivity contribution < 1.29 is 18.0 Å². The van der Waals surface area contributed by atoms with Gasteiger partial charge in [-0.25, -0.2) is 8.42 Å². The Labute approximate surface area is 201 Å². The van der Waals surface area contributed by atoms with Crippen LogP contribution in [0, 0.1) is 13.8 Å². The summed E-state index contributed by atoms with van der Waals surface area (Å²) in [6, 6.07) is 11.6. The van der Waals surface area contributed by atoms with Crippen LogP contribution in [0.4, 0.5) is 5.69 Å². The SMILES string of the molecule is Cc1ccc(CN(C(=O)CN(c2cc(Cl)ccc2C)S(C)(=O)=O)C(C)C(=O)NC(C)C)cc1. The summed E-state index contributed by atoms with van der Waals surface area (Å²) in [4.78, 5) is 27.6. The molecule has 0 spiro atoms. The van der Waals surface area contributed by atoms with Crippen LogP contribution >= 0.6 is 11.6 Å². The Hall–Kier alpha value is -2.58. The van der Waals surface area contributed by atoms with E-state index in [1.807, 2.05) is 45.0 Å². The molecule has 9 heteroatoms. The lowest BCUT2D eigenvalue weighted by molar-refractivity contribution is -0.139. The summed E-state index contributed by atoms with van der Waals surface area (Å²) in [7, 11) is -3.80. The molecule has 2 amide bonds. The van der Waals surface area contributed by atoms with Crippen LogP contribution in [0.25, 0.3) is 0 Å². The average Bonchev–Trinajstić information content (AvgIpc) is 2.71. The normalized spacial score (nSPS) is 12.4. The van der Waals surface area contributed by atoms with Gasteiger partial charge in [0.05, 0.1) is 11.9 Å².